The Morgan fingerprint density at radius 2 is 1.52 bits per heavy atom. The Labute approximate surface area is 171 Å². The van der Waals surface area contributed by atoms with Crippen LogP contribution in [0.4, 0.5) is 4.39 Å². The van der Waals surface area contributed by atoms with Crippen molar-refractivity contribution in [2.75, 3.05) is 6.61 Å². The van der Waals surface area contributed by atoms with Crippen LogP contribution >= 0.6 is 0 Å². The molecule has 0 fully saturated rings. The molecule has 3 heteroatoms. The monoisotopic (exact) mass is 387 g/mol. The first-order valence-electron chi connectivity index (χ1n) is 10.0. The molecule has 4 rings (SSSR count). The highest BCUT2D eigenvalue weighted by Gasteiger charge is 2.21. The summed E-state index contributed by atoms with van der Waals surface area (Å²) in [5.74, 6) is -0.155. The van der Waals surface area contributed by atoms with Gasteiger partial charge in [-0.3, -0.25) is 0 Å². The topological polar surface area (TPSA) is 25.2 Å². The molecule has 0 bridgehead atoms. The summed E-state index contributed by atoms with van der Waals surface area (Å²) < 4.78 is 17.8. The van der Waals surface area contributed by atoms with Crippen LogP contribution in [0.1, 0.15) is 27.8 Å². The number of nitrogens with zero attached hydrogens (tertiary/aromatic N) is 1. The molecule has 0 saturated heterocycles. The molecule has 1 N–H and O–H groups in total. The van der Waals surface area contributed by atoms with Crippen LogP contribution in [0.25, 0.3) is 22.2 Å². The van der Waals surface area contributed by atoms with E-state index < -0.39 is 0 Å². The van der Waals surface area contributed by atoms with Gasteiger partial charge in [-0.1, -0.05) is 54.1 Å². The highest BCUT2D eigenvalue weighted by atomic mass is 19.1. The van der Waals surface area contributed by atoms with Gasteiger partial charge in [0.15, 0.2) is 5.82 Å². The predicted octanol–water partition coefficient (Wildman–Crippen LogP) is 5.96. The van der Waals surface area contributed by atoms with Crippen molar-refractivity contribution in [3.8, 4) is 11.3 Å². The van der Waals surface area contributed by atoms with E-state index in [4.69, 9.17) is 5.11 Å². The van der Waals surface area contributed by atoms with Crippen molar-refractivity contribution in [2.45, 2.75) is 33.7 Å². The lowest BCUT2D eigenvalue weighted by molar-refractivity contribution is 0.299. The number of hydrogen-bond donors (Lipinski definition) is 1. The lowest BCUT2D eigenvalue weighted by Crippen LogP contribution is -2.04. The second-order valence-electron chi connectivity index (χ2n) is 7.83. The van der Waals surface area contributed by atoms with Crippen molar-refractivity contribution >= 4 is 10.9 Å². The van der Waals surface area contributed by atoms with Crippen LogP contribution in [0.15, 0.2) is 60.7 Å². The molecule has 0 amide bonds. The van der Waals surface area contributed by atoms with Crippen molar-refractivity contribution < 1.29 is 9.50 Å². The van der Waals surface area contributed by atoms with Crippen molar-refractivity contribution in [3.05, 3.63) is 94.3 Å². The molecule has 4 aromatic rings. The number of aromatic nitrogens is 1. The molecule has 0 saturated carbocycles. The summed E-state index contributed by atoms with van der Waals surface area (Å²) in [7, 11) is 0. The highest BCUT2D eigenvalue weighted by molar-refractivity contribution is 5.90. The fourth-order valence-electron chi connectivity index (χ4n) is 4.15. The lowest BCUT2D eigenvalue weighted by Gasteiger charge is -2.15. The summed E-state index contributed by atoms with van der Waals surface area (Å²) in [6.07, 6.45) is 0.647. The van der Waals surface area contributed by atoms with Crippen LogP contribution in [-0.4, -0.2) is 16.3 Å². The van der Waals surface area contributed by atoms with Crippen LogP contribution in [0.3, 0.4) is 0 Å². The van der Waals surface area contributed by atoms with Crippen LogP contribution in [0.5, 0.6) is 0 Å². The molecular weight excluding hydrogens is 361 g/mol. The minimum absolute atomic E-state index is 0.142. The van der Waals surface area contributed by atoms with Gasteiger partial charge in [0, 0.05) is 24.1 Å². The van der Waals surface area contributed by atoms with Gasteiger partial charge in [-0.05, 0) is 61.6 Å². The Hall–Kier alpha value is -2.91. The molecule has 0 aliphatic carbocycles. The Bertz CT molecular complexity index is 1150. The van der Waals surface area contributed by atoms with E-state index in [1.807, 2.05) is 69.3 Å². The van der Waals surface area contributed by atoms with E-state index in [0.29, 0.717) is 24.0 Å². The number of hydrogen-bond acceptors (Lipinski definition) is 1. The average molecular weight is 387 g/mol. The third kappa shape index (κ3) is 3.58. The summed E-state index contributed by atoms with van der Waals surface area (Å²) in [5, 5.41) is 9.80. The molecular formula is C26H26FNO. The predicted molar refractivity (Wildman–Crippen MR) is 118 cm³/mol. The first-order chi connectivity index (χ1) is 14.0. The van der Waals surface area contributed by atoms with Crippen LogP contribution < -0.4 is 0 Å². The van der Waals surface area contributed by atoms with Crippen molar-refractivity contribution in [3.63, 3.8) is 0 Å². The van der Waals surface area contributed by atoms with Gasteiger partial charge in [-0.25, -0.2) is 4.39 Å². The summed E-state index contributed by atoms with van der Waals surface area (Å²) in [6, 6.07) is 20.3. The number of aliphatic hydroxyl groups excluding tert-OH is 1. The number of aliphatic hydroxyl groups is 1. The Balaban J connectivity index is 1.92. The van der Waals surface area contributed by atoms with Gasteiger partial charge in [0.2, 0.25) is 0 Å². The van der Waals surface area contributed by atoms with E-state index >= 15 is 4.39 Å². The second-order valence-corrected chi connectivity index (χ2v) is 7.83. The van der Waals surface area contributed by atoms with Gasteiger partial charge in [0.1, 0.15) is 0 Å². The zero-order valence-electron chi connectivity index (χ0n) is 17.2. The Morgan fingerprint density at radius 3 is 2.17 bits per heavy atom. The van der Waals surface area contributed by atoms with Crippen molar-refractivity contribution in [1.29, 1.82) is 0 Å². The first-order valence-corrected chi connectivity index (χ1v) is 10.0. The smallest absolute Gasteiger partial charge is 0.156 e. The number of fused-ring (bicyclic) bond motifs is 1. The van der Waals surface area contributed by atoms with E-state index in [1.54, 1.807) is 0 Å². The largest absolute Gasteiger partial charge is 0.396 e. The SMILES string of the molecule is Cc1ccc2c(c1)c(F)c(-c1c(C)cccc1C)n2Cc1ccc(CCO)cc1. The van der Waals surface area contributed by atoms with Crippen molar-refractivity contribution in [2.24, 2.45) is 0 Å². The Kier molecular flexibility index (Phi) is 5.25. The van der Waals surface area contributed by atoms with Crippen LogP contribution in [0, 0.1) is 26.6 Å². The molecule has 0 aliphatic rings. The zero-order chi connectivity index (χ0) is 20.5. The second kappa shape index (κ2) is 7.84. The fraction of sp³-hybridized carbons (Fsp3) is 0.231. The van der Waals surface area contributed by atoms with E-state index in [1.165, 1.54) is 0 Å². The molecule has 0 spiro atoms. The molecule has 0 atom stereocenters. The normalized spacial score (nSPS) is 11.3. The molecule has 0 radical (unpaired) electrons. The third-order valence-electron chi connectivity index (χ3n) is 5.64. The molecule has 29 heavy (non-hydrogen) atoms. The van der Waals surface area contributed by atoms with Gasteiger partial charge in [0.25, 0.3) is 0 Å². The van der Waals surface area contributed by atoms with Crippen LogP contribution in [0.2, 0.25) is 0 Å². The maximum absolute atomic E-state index is 15.7. The summed E-state index contributed by atoms with van der Waals surface area (Å²) >= 11 is 0. The van der Waals surface area contributed by atoms with Gasteiger partial charge < -0.3 is 9.67 Å². The fourth-order valence-corrected chi connectivity index (χ4v) is 4.15. The van der Waals surface area contributed by atoms with Gasteiger partial charge in [-0.2, -0.15) is 0 Å². The first kappa shape index (κ1) is 19.4. The summed E-state index contributed by atoms with van der Waals surface area (Å²) in [5.41, 5.74) is 7.93. The summed E-state index contributed by atoms with van der Waals surface area (Å²) in [4.78, 5) is 0. The molecule has 0 unspecified atom stereocenters. The molecule has 2 nitrogen and oxygen atoms in total. The third-order valence-corrected chi connectivity index (χ3v) is 5.64. The minimum Gasteiger partial charge on any atom is -0.396 e. The van der Waals surface area contributed by atoms with Gasteiger partial charge in [0.05, 0.1) is 11.2 Å². The number of halogens is 1. The number of aryl methyl sites for hydroxylation is 3. The Morgan fingerprint density at radius 1 is 0.862 bits per heavy atom. The molecule has 1 aromatic heterocycles. The van der Waals surface area contributed by atoms with E-state index in [2.05, 4.69) is 16.7 Å². The quantitative estimate of drug-likeness (QED) is 0.449. The van der Waals surface area contributed by atoms with E-state index in [-0.39, 0.29) is 12.4 Å². The zero-order valence-corrected chi connectivity index (χ0v) is 17.2. The van der Waals surface area contributed by atoms with E-state index in [9.17, 15) is 0 Å². The van der Waals surface area contributed by atoms with Gasteiger partial charge >= 0.3 is 0 Å². The van der Waals surface area contributed by atoms with Crippen LogP contribution in [-0.2, 0) is 13.0 Å². The van der Waals surface area contributed by atoms with E-state index in [0.717, 1.165) is 38.9 Å². The standard InChI is InChI=1S/C26H26FNO/c1-17-7-12-23-22(15-17)25(27)26(24-18(2)5-4-6-19(24)3)28(23)16-21-10-8-20(9-11-21)13-14-29/h4-12,15,29H,13-14,16H2,1-3H3. The molecule has 3 aromatic carbocycles. The lowest BCUT2D eigenvalue weighted by atomic mass is 9.99. The molecule has 1 heterocycles. The number of benzene rings is 3. The minimum atomic E-state index is -0.155. The highest BCUT2D eigenvalue weighted by Crippen LogP contribution is 2.37. The maximum Gasteiger partial charge on any atom is 0.156 e. The van der Waals surface area contributed by atoms with Gasteiger partial charge in [-0.15, -0.1) is 0 Å². The average Bonchev–Trinajstić information content (AvgIpc) is 2.95. The number of rotatable bonds is 5. The molecule has 148 valence electrons. The summed E-state index contributed by atoms with van der Waals surface area (Å²) in [6.45, 7) is 6.81. The molecule has 0 aliphatic heterocycles. The van der Waals surface area contributed by atoms with Crippen molar-refractivity contribution in [1.82, 2.24) is 4.57 Å². The maximum atomic E-state index is 15.7.